The van der Waals surface area contributed by atoms with Crippen molar-refractivity contribution in [1.29, 1.82) is 0 Å². The topological polar surface area (TPSA) is 58.6 Å². The van der Waals surface area contributed by atoms with Crippen LogP contribution in [0.5, 0.6) is 0 Å². The zero-order valence-corrected chi connectivity index (χ0v) is 13.6. The molecule has 6 nitrogen and oxygen atoms in total. The van der Waals surface area contributed by atoms with Gasteiger partial charge in [0.05, 0.1) is 6.61 Å². The van der Waals surface area contributed by atoms with Gasteiger partial charge in [0.15, 0.2) is 0 Å². The van der Waals surface area contributed by atoms with Crippen LogP contribution < -0.4 is 4.90 Å². The first-order chi connectivity index (χ1) is 10.5. The predicted molar refractivity (Wildman–Crippen MR) is 83.7 cm³/mol. The Bertz CT molecular complexity index is 546. The lowest BCUT2D eigenvalue weighted by Crippen LogP contribution is -2.45. The highest BCUT2D eigenvalue weighted by Gasteiger charge is 2.46. The highest BCUT2D eigenvalue weighted by molar-refractivity contribution is 5.80. The lowest BCUT2D eigenvalue weighted by atomic mass is 9.78. The van der Waals surface area contributed by atoms with Gasteiger partial charge in [-0.25, -0.2) is 9.97 Å². The molecule has 0 aliphatic carbocycles. The monoisotopic (exact) mass is 304 g/mol. The molecule has 0 unspecified atom stereocenters. The molecule has 2 aliphatic rings. The Labute approximate surface area is 131 Å². The third-order valence-corrected chi connectivity index (χ3v) is 4.64. The Morgan fingerprint density at radius 3 is 2.82 bits per heavy atom. The number of piperidine rings is 1. The number of hydrogen-bond acceptors (Lipinski definition) is 5. The van der Waals surface area contributed by atoms with Gasteiger partial charge in [-0.05, 0) is 31.7 Å². The first-order valence-electron chi connectivity index (χ1n) is 7.85. The number of nitrogens with zero attached hydrogens (tertiary/aromatic N) is 4. The van der Waals surface area contributed by atoms with Gasteiger partial charge in [0, 0.05) is 45.0 Å². The molecular weight excluding hydrogens is 280 g/mol. The van der Waals surface area contributed by atoms with Crippen LogP contribution in [0.25, 0.3) is 0 Å². The van der Waals surface area contributed by atoms with E-state index in [4.69, 9.17) is 4.74 Å². The molecule has 0 N–H and O–H groups in total. The highest BCUT2D eigenvalue weighted by Crippen LogP contribution is 2.41. The fourth-order valence-corrected chi connectivity index (χ4v) is 3.45. The molecule has 1 amide bonds. The van der Waals surface area contributed by atoms with Gasteiger partial charge in [0.25, 0.3) is 5.91 Å². The summed E-state index contributed by atoms with van der Waals surface area (Å²) >= 11 is 0. The van der Waals surface area contributed by atoms with Gasteiger partial charge in [0.1, 0.15) is 6.10 Å². The number of rotatable bonds is 2. The van der Waals surface area contributed by atoms with E-state index in [1.807, 2.05) is 19.3 Å². The molecule has 120 valence electrons. The largest absolute Gasteiger partial charge is 0.368 e. The SMILES string of the molecule is Cc1cnc(N2CCC[C@@]3(CO[C@H](C(=O)N(C)C)C3)C2)nc1. The van der Waals surface area contributed by atoms with Crippen molar-refractivity contribution in [1.82, 2.24) is 14.9 Å². The van der Waals surface area contributed by atoms with Crippen molar-refractivity contribution < 1.29 is 9.53 Å². The lowest BCUT2D eigenvalue weighted by molar-refractivity contribution is -0.138. The number of ether oxygens (including phenoxy) is 1. The van der Waals surface area contributed by atoms with Crippen molar-refractivity contribution in [3.8, 4) is 0 Å². The maximum atomic E-state index is 12.1. The third-order valence-electron chi connectivity index (χ3n) is 4.64. The molecule has 6 heteroatoms. The van der Waals surface area contributed by atoms with E-state index in [2.05, 4.69) is 14.9 Å². The molecule has 0 radical (unpaired) electrons. The molecule has 2 fully saturated rings. The molecular formula is C16H24N4O2. The van der Waals surface area contributed by atoms with E-state index in [-0.39, 0.29) is 17.4 Å². The van der Waals surface area contributed by atoms with Gasteiger partial charge in [-0.3, -0.25) is 4.79 Å². The molecule has 0 saturated carbocycles. The Kier molecular flexibility index (Phi) is 4.04. The summed E-state index contributed by atoms with van der Waals surface area (Å²) in [6, 6.07) is 0. The zero-order chi connectivity index (χ0) is 15.7. The van der Waals surface area contributed by atoms with Crippen LogP contribution in [0, 0.1) is 12.3 Å². The molecule has 0 aromatic carbocycles. The van der Waals surface area contributed by atoms with E-state index in [0.29, 0.717) is 6.61 Å². The molecule has 2 atom stereocenters. The fourth-order valence-electron chi connectivity index (χ4n) is 3.45. The van der Waals surface area contributed by atoms with E-state index in [1.165, 1.54) is 0 Å². The summed E-state index contributed by atoms with van der Waals surface area (Å²) in [7, 11) is 3.56. The lowest BCUT2D eigenvalue weighted by Gasteiger charge is -2.39. The minimum atomic E-state index is -0.297. The van der Waals surface area contributed by atoms with Crippen molar-refractivity contribution in [2.45, 2.75) is 32.3 Å². The molecule has 22 heavy (non-hydrogen) atoms. The van der Waals surface area contributed by atoms with Gasteiger partial charge >= 0.3 is 0 Å². The van der Waals surface area contributed by atoms with Crippen LogP contribution in [0.2, 0.25) is 0 Å². The van der Waals surface area contributed by atoms with Crippen molar-refractivity contribution >= 4 is 11.9 Å². The van der Waals surface area contributed by atoms with E-state index >= 15 is 0 Å². The van der Waals surface area contributed by atoms with E-state index in [1.54, 1.807) is 19.0 Å². The average Bonchev–Trinajstić information content (AvgIpc) is 2.90. The van der Waals surface area contributed by atoms with E-state index in [9.17, 15) is 4.79 Å². The number of amides is 1. The summed E-state index contributed by atoms with van der Waals surface area (Å²) in [6.45, 7) is 4.48. The standard InChI is InChI=1S/C16H24N4O2/c1-12-8-17-15(18-9-12)20-6-4-5-16(10-20)7-13(22-11-16)14(21)19(2)3/h8-9,13H,4-7,10-11H2,1-3H3/t13-,16-/m0/s1. The van der Waals surface area contributed by atoms with Gasteiger partial charge in [-0.15, -0.1) is 0 Å². The first kappa shape index (κ1) is 15.2. The molecule has 3 rings (SSSR count). The second-order valence-corrected chi connectivity index (χ2v) is 6.82. The van der Waals surface area contributed by atoms with Crippen LogP contribution in [-0.4, -0.2) is 60.7 Å². The number of aromatic nitrogens is 2. The second-order valence-electron chi connectivity index (χ2n) is 6.82. The predicted octanol–water partition coefficient (Wildman–Crippen LogP) is 1.25. The summed E-state index contributed by atoms with van der Waals surface area (Å²) in [4.78, 5) is 24.8. The van der Waals surface area contributed by atoms with Crippen LogP contribution in [0.15, 0.2) is 12.4 Å². The summed E-state index contributed by atoms with van der Waals surface area (Å²) in [6.07, 6.45) is 6.40. The Balaban J connectivity index is 1.71. The Hall–Kier alpha value is -1.69. The minimum Gasteiger partial charge on any atom is -0.368 e. The van der Waals surface area contributed by atoms with Gasteiger partial charge in [0.2, 0.25) is 5.95 Å². The molecule has 1 aromatic heterocycles. The number of hydrogen-bond donors (Lipinski definition) is 0. The Morgan fingerprint density at radius 2 is 2.14 bits per heavy atom. The van der Waals surface area contributed by atoms with Crippen LogP contribution in [0.1, 0.15) is 24.8 Å². The number of likely N-dealkylation sites (N-methyl/N-ethyl adjacent to an activating group) is 1. The number of carbonyl (C=O) groups is 1. The van der Waals surface area contributed by atoms with Gasteiger partial charge < -0.3 is 14.5 Å². The highest BCUT2D eigenvalue weighted by atomic mass is 16.5. The van der Waals surface area contributed by atoms with Gasteiger partial charge in [-0.1, -0.05) is 0 Å². The summed E-state index contributed by atoms with van der Waals surface area (Å²) in [5.74, 6) is 0.854. The van der Waals surface area contributed by atoms with Crippen LogP contribution in [-0.2, 0) is 9.53 Å². The first-order valence-corrected chi connectivity index (χ1v) is 7.85. The molecule has 0 bridgehead atoms. The zero-order valence-electron chi connectivity index (χ0n) is 13.6. The maximum Gasteiger partial charge on any atom is 0.251 e. The number of anilines is 1. The third kappa shape index (κ3) is 2.92. The quantitative estimate of drug-likeness (QED) is 0.823. The maximum absolute atomic E-state index is 12.1. The molecule has 1 aromatic rings. The smallest absolute Gasteiger partial charge is 0.251 e. The van der Waals surface area contributed by atoms with Crippen molar-refractivity contribution in [2.24, 2.45) is 5.41 Å². The molecule has 3 heterocycles. The summed E-state index contributed by atoms with van der Waals surface area (Å²) in [5, 5.41) is 0. The number of carbonyl (C=O) groups excluding carboxylic acids is 1. The van der Waals surface area contributed by atoms with E-state index < -0.39 is 0 Å². The molecule has 2 saturated heterocycles. The van der Waals surface area contributed by atoms with Crippen molar-refractivity contribution in [2.75, 3.05) is 38.7 Å². The Morgan fingerprint density at radius 1 is 1.41 bits per heavy atom. The van der Waals surface area contributed by atoms with Gasteiger partial charge in [-0.2, -0.15) is 0 Å². The normalized spacial score (nSPS) is 28.1. The average molecular weight is 304 g/mol. The molecule has 2 aliphatic heterocycles. The second kappa shape index (κ2) is 5.83. The summed E-state index contributed by atoms with van der Waals surface area (Å²) < 4.78 is 5.81. The van der Waals surface area contributed by atoms with Crippen molar-refractivity contribution in [3.05, 3.63) is 18.0 Å². The van der Waals surface area contributed by atoms with Crippen LogP contribution >= 0.6 is 0 Å². The van der Waals surface area contributed by atoms with E-state index in [0.717, 1.165) is 43.9 Å². The van der Waals surface area contributed by atoms with Crippen LogP contribution in [0.4, 0.5) is 5.95 Å². The fraction of sp³-hybridized carbons (Fsp3) is 0.688. The number of aryl methyl sites for hydroxylation is 1. The van der Waals surface area contributed by atoms with Crippen molar-refractivity contribution in [3.63, 3.8) is 0 Å². The van der Waals surface area contributed by atoms with Crippen LogP contribution in [0.3, 0.4) is 0 Å². The summed E-state index contributed by atoms with van der Waals surface area (Å²) in [5.41, 5.74) is 1.12. The minimum absolute atomic E-state index is 0.0584. The molecule has 1 spiro atoms.